The van der Waals surface area contributed by atoms with Crippen molar-refractivity contribution < 1.29 is 52.9 Å². The average Bonchev–Trinajstić information content (AvgIpc) is 1.61. The Bertz CT molecular complexity index is 5830. The van der Waals surface area contributed by atoms with Gasteiger partial charge in [0.25, 0.3) is 30.1 Å². The Hall–Kier alpha value is -13.4. The van der Waals surface area contributed by atoms with Crippen molar-refractivity contribution in [2.45, 2.75) is 65.9 Å². The number of rotatable bonds is 22. The van der Waals surface area contributed by atoms with Gasteiger partial charge in [-0.05, 0) is 152 Å². The number of benzene rings is 9. The fraction of sp³-hybridized carbons (Fsp3) is 0.0976. The van der Waals surface area contributed by atoms with Crippen LogP contribution in [0, 0.1) is 19.7 Å². The van der Waals surface area contributed by atoms with E-state index < -0.39 is 77.0 Å². The summed E-state index contributed by atoms with van der Waals surface area (Å²) in [7, 11) is -12.5. The lowest BCUT2D eigenvalue weighted by molar-refractivity contribution is 0.240. The van der Waals surface area contributed by atoms with Gasteiger partial charge in [-0.25, -0.2) is 73.1 Å². The Kier molecular flexibility index (Phi) is 22.8. The second-order valence-corrected chi connectivity index (χ2v) is 30.2. The van der Waals surface area contributed by atoms with Crippen LogP contribution in [0.5, 0.6) is 0 Å². The molecule has 6 amide bonds. The van der Waals surface area contributed by atoms with Gasteiger partial charge in [0.1, 0.15) is 39.4 Å². The van der Waals surface area contributed by atoms with E-state index in [-0.39, 0.29) is 9.79 Å². The van der Waals surface area contributed by atoms with Crippen molar-refractivity contribution >= 4 is 70.1 Å². The van der Waals surface area contributed by atoms with Crippen LogP contribution in [0.15, 0.2) is 334 Å². The molecular weight excluding hydrogens is 1460 g/mol. The predicted molar refractivity (Wildman–Crippen MR) is 414 cm³/mol. The zero-order chi connectivity index (χ0) is 76.8. The van der Waals surface area contributed by atoms with E-state index in [0.29, 0.717) is 47.9 Å². The second-order valence-electron chi connectivity index (χ2n) is 25.3. The molecule has 0 unspecified atom stereocenters. The van der Waals surface area contributed by atoms with Crippen LogP contribution < -0.4 is 30.1 Å². The van der Waals surface area contributed by atoms with Gasteiger partial charge in [-0.1, -0.05) is 158 Å². The Morgan fingerprint density at radius 1 is 0.382 bits per heavy atom. The van der Waals surface area contributed by atoms with Gasteiger partial charge in [0.2, 0.25) is 0 Å². The summed E-state index contributed by atoms with van der Waals surface area (Å²) >= 11 is 0. The monoisotopic (exact) mass is 1530 g/mol. The number of carbonyl (C=O) groups excluding carboxylic acids is 3. The first kappa shape index (κ1) is 74.8. The third-order valence-electron chi connectivity index (χ3n) is 17.7. The molecule has 24 nitrogen and oxygen atoms in total. The zero-order valence-electron chi connectivity index (χ0n) is 59.0. The molecule has 0 bridgehead atoms. The minimum Gasteiger partial charge on any atom is -0.464 e. The smallest absolute Gasteiger partial charge is 0.329 e. The molecule has 0 saturated heterocycles. The largest absolute Gasteiger partial charge is 0.464 e. The van der Waals surface area contributed by atoms with Gasteiger partial charge in [0, 0.05) is 77.4 Å². The molecule has 0 saturated carbocycles. The minimum absolute atomic E-state index is 0.0506. The molecule has 9 aromatic carbocycles. The van der Waals surface area contributed by atoms with Gasteiger partial charge in [-0.3, -0.25) is 0 Å². The van der Waals surface area contributed by atoms with Crippen molar-refractivity contribution in [2.24, 2.45) is 0 Å². The van der Waals surface area contributed by atoms with Crippen LogP contribution in [-0.4, -0.2) is 76.6 Å². The van der Waals surface area contributed by atoms with Crippen molar-refractivity contribution in [1.82, 2.24) is 63.3 Å². The number of fused-ring (bicyclic) bond motifs is 2. The number of amides is 6. The maximum absolute atomic E-state index is 14.1. The van der Waals surface area contributed by atoms with Crippen molar-refractivity contribution in [3.05, 3.63) is 362 Å². The lowest BCUT2D eigenvalue weighted by atomic mass is 10.1. The van der Waals surface area contributed by atoms with Crippen LogP contribution in [0.1, 0.15) is 63.4 Å². The summed E-state index contributed by atoms with van der Waals surface area (Å²) in [6.45, 7) is 3.36. The van der Waals surface area contributed by atoms with Crippen molar-refractivity contribution in [3.8, 4) is 22.7 Å². The summed E-state index contributed by atoms with van der Waals surface area (Å²) in [5.74, 6) is 0.664. The van der Waals surface area contributed by atoms with E-state index in [1.165, 1.54) is 24.3 Å². The van der Waals surface area contributed by atoms with Crippen LogP contribution in [0.25, 0.3) is 44.7 Å². The number of nitrogens with zero attached hydrogens (tertiary/aromatic N) is 7. The highest BCUT2D eigenvalue weighted by Gasteiger charge is 2.30. The highest BCUT2D eigenvalue weighted by molar-refractivity contribution is 7.90. The van der Waals surface area contributed by atoms with Gasteiger partial charge in [0.15, 0.2) is 0 Å². The maximum Gasteiger partial charge on any atom is 0.329 e. The van der Waals surface area contributed by atoms with Gasteiger partial charge in [-0.2, -0.15) is 0 Å². The highest BCUT2D eigenvalue weighted by atomic mass is 32.2. The molecule has 0 aliphatic carbocycles. The molecule has 556 valence electrons. The molecule has 110 heavy (non-hydrogen) atoms. The molecule has 15 aromatic rings. The fourth-order valence-corrected chi connectivity index (χ4v) is 15.8. The zero-order valence-corrected chi connectivity index (χ0v) is 61.5. The van der Waals surface area contributed by atoms with E-state index >= 15 is 0 Å². The van der Waals surface area contributed by atoms with E-state index in [9.17, 15) is 44.0 Å². The Labute approximate surface area is 633 Å². The average molecular weight is 1530 g/mol. The first-order chi connectivity index (χ1) is 53.2. The molecular formula is C82H72FN13O11S3. The van der Waals surface area contributed by atoms with E-state index in [4.69, 9.17) is 8.83 Å². The van der Waals surface area contributed by atoms with Crippen molar-refractivity contribution in [3.63, 3.8) is 0 Å². The molecule has 0 aliphatic heterocycles. The summed E-state index contributed by atoms with van der Waals surface area (Å²) in [4.78, 5) is 51.9. The minimum atomic E-state index is -4.43. The van der Waals surface area contributed by atoms with E-state index in [2.05, 4.69) is 40.3 Å². The quantitative estimate of drug-likeness (QED) is 0.0368. The molecule has 28 heteroatoms. The molecule has 6 N–H and O–H groups in total. The summed E-state index contributed by atoms with van der Waals surface area (Å²) < 4.78 is 116. The number of nitrogens with one attached hydrogen (secondary N) is 6. The number of hydrogen-bond donors (Lipinski definition) is 6. The van der Waals surface area contributed by atoms with Crippen molar-refractivity contribution in [1.29, 1.82) is 0 Å². The Morgan fingerprint density at radius 2 is 0.727 bits per heavy atom. The number of carbonyl (C=O) groups is 3. The summed E-state index contributed by atoms with van der Waals surface area (Å²) in [5, 5.41) is 10.2. The number of sulfonamides is 3. The summed E-state index contributed by atoms with van der Waals surface area (Å²) in [6.07, 6.45) is 18.6. The van der Waals surface area contributed by atoms with E-state index in [1.54, 1.807) is 93.8 Å². The van der Waals surface area contributed by atoms with Gasteiger partial charge in [-0.15, -0.1) is 0 Å². The second kappa shape index (κ2) is 33.6. The third kappa shape index (κ3) is 18.1. The Balaban J connectivity index is 0.000000145. The summed E-state index contributed by atoms with van der Waals surface area (Å²) in [5.41, 5.74) is 8.92. The van der Waals surface area contributed by atoms with Crippen LogP contribution in [0.4, 0.5) is 18.8 Å². The topological polar surface area (TPSA) is 310 Å². The number of aromatic nitrogens is 7. The number of urea groups is 3. The molecule has 3 atom stereocenters. The standard InChI is InChI=1S/C29H27N5O3S.C27H24N4O4S.C26H21FN4O4S/c1-22-10-8-9-15-27(22)38(36,37)32-29(35)31-26(20-23-11-4-2-5-12-23)28-30-17-19-34(28)25-16-18-33(21-25)24-13-6-3-7-14-24;1-19-7-5-6-10-25(19)36(33,34)30-27(32)29-23(17-20-8-3-2-4-9-20)26-28-14-15-31(26)22-11-12-24-21(18-22)13-16-35-24;27-21-8-4-5-9-24(21)36(33,34)30-26(32)29-22(16-18-6-2-1-3-7-18)25-28-13-14-31(25)20-10-11-23-19(17-20)12-15-35-23/h2-19,21,26H,20H2,1H3,(H2,31,32,35);2-16,18,23H,17H2,1H3,(H2,29,30,32);1-15,17,22H,16H2,(H2,29,30,32)/t26-;23-;22-/m000/s1. The van der Waals surface area contributed by atoms with Gasteiger partial charge in [0.05, 0.1) is 46.1 Å². The van der Waals surface area contributed by atoms with Crippen LogP contribution in [0.2, 0.25) is 0 Å². The van der Waals surface area contributed by atoms with Crippen LogP contribution >= 0.6 is 0 Å². The molecule has 0 spiro atoms. The Morgan fingerprint density at radius 3 is 1.12 bits per heavy atom. The molecule has 15 rings (SSSR count). The highest BCUT2D eigenvalue weighted by Crippen LogP contribution is 2.29. The maximum atomic E-state index is 14.1. The normalized spacial score (nSPS) is 12.3. The first-order valence-corrected chi connectivity index (χ1v) is 38.9. The summed E-state index contributed by atoms with van der Waals surface area (Å²) in [6, 6.07) is 68.9. The van der Waals surface area contributed by atoms with Gasteiger partial charge < -0.3 is 43.1 Å². The van der Waals surface area contributed by atoms with Crippen LogP contribution in [0.3, 0.4) is 0 Å². The van der Waals surface area contributed by atoms with Crippen molar-refractivity contribution in [2.75, 3.05) is 0 Å². The SMILES string of the molecule is Cc1ccccc1S(=O)(=O)NC(=O)N[C@@H](Cc1ccccc1)c1nccn1-c1ccc2occc2c1.Cc1ccccc1S(=O)(=O)NC(=O)N[C@@H](Cc1ccccc1)c1nccn1-c1ccn(-c2ccccc2)c1.O=C(N[C@@H](Cc1ccccc1)c1nccn1-c1ccc2occc2c1)NS(=O)(=O)c1ccccc1F. The number of aryl methyl sites for hydroxylation is 2. The van der Waals surface area contributed by atoms with Gasteiger partial charge >= 0.3 is 18.1 Å². The predicted octanol–water partition coefficient (Wildman–Crippen LogP) is 14.6. The molecule has 0 fully saturated rings. The first-order valence-electron chi connectivity index (χ1n) is 34.5. The van der Waals surface area contributed by atoms with Crippen LogP contribution in [-0.2, 0) is 49.3 Å². The number of para-hydroxylation sites is 1. The molecule has 6 aromatic heterocycles. The molecule has 6 heterocycles. The fourth-order valence-electron chi connectivity index (χ4n) is 12.5. The number of hydrogen-bond acceptors (Lipinski definition) is 14. The number of imidazole rings is 3. The lowest BCUT2D eigenvalue weighted by Gasteiger charge is -2.21. The number of halogens is 1. The number of furan rings is 2. The third-order valence-corrected chi connectivity index (χ3v) is 22.1. The van der Waals surface area contributed by atoms with E-state index in [0.717, 1.165) is 73.5 Å². The molecule has 0 radical (unpaired) electrons. The van der Waals surface area contributed by atoms with E-state index in [1.807, 2.05) is 218 Å². The molecule has 0 aliphatic rings. The lowest BCUT2D eigenvalue weighted by Crippen LogP contribution is -2.42.